The Balaban J connectivity index is 1.65. The Morgan fingerprint density at radius 3 is 2.38 bits per heavy atom. The Hall–Kier alpha value is -2.41. The second kappa shape index (κ2) is 7.13. The van der Waals surface area contributed by atoms with Crippen LogP contribution in [0.25, 0.3) is 22.4 Å². The SMILES string of the molecule is Cc1cc(-c2c(C)ccc3c2Cc2cccc(C)c2-3)[n+](C)cc1C1CCCCC1. The predicted molar refractivity (Wildman–Crippen MR) is 121 cm³/mol. The van der Waals surface area contributed by atoms with Crippen LogP contribution in [-0.2, 0) is 13.5 Å². The van der Waals surface area contributed by atoms with Crippen LogP contribution in [-0.4, -0.2) is 0 Å². The van der Waals surface area contributed by atoms with E-state index >= 15 is 0 Å². The number of pyridine rings is 1. The lowest BCUT2D eigenvalue weighted by Gasteiger charge is -2.23. The van der Waals surface area contributed by atoms with Crippen molar-refractivity contribution in [1.82, 2.24) is 0 Å². The maximum atomic E-state index is 2.46. The van der Waals surface area contributed by atoms with Gasteiger partial charge >= 0.3 is 0 Å². The molecule has 0 unspecified atom stereocenters. The van der Waals surface area contributed by atoms with Gasteiger partial charge in [-0.3, -0.25) is 0 Å². The summed E-state index contributed by atoms with van der Waals surface area (Å²) in [7, 11) is 2.24. The smallest absolute Gasteiger partial charge is 0.201 e. The van der Waals surface area contributed by atoms with Crippen LogP contribution < -0.4 is 4.57 Å². The molecule has 0 N–H and O–H groups in total. The zero-order valence-corrected chi connectivity index (χ0v) is 18.3. The minimum atomic E-state index is 0.749. The summed E-state index contributed by atoms with van der Waals surface area (Å²) in [6.45, 7) is 6.84. The summed E-state index contributed by atoms with van der Waals surface area (Å²) >= 11 is 0. The Kier molecular flexibility index (Phi) is 4.57. The molecule has 1 saturated carbocycles. The third-order valence-corrected chi connectivity index (χ3v) is 7.34. The molecule has 0 atom stereocenters. The molecule has 1 nitrogen and oxygen atoms in total. The van der Waals surface area contributed by atoms with Gasteiger partial charge in [-0.05, 0) is 84.9 Å². The lowest BCUT2D eigenvalue weighted by Crippen LogP contribution is -2.33. The topological polar surface area (TPSA) is 3.88 Å². The zero-order chi connectivity index (χ0) is 20.1. The highest BCUT2D eigenvalue weighted by atomic mass is 14.9. The highest BCUT2D eigenvalue weighted by Crippen LogP contribution is 2.44. The minimum Gasteiger partial charge on any atom is -0.201 e. The molecule has 5 rings (SSSR count). The molecule has 0 amide bonds. The maximum Gasteiger partial charge on any atom is 0.213 e. The molecular weight excluding hydrogens is 350 g/mol. The molecular formula is C28H32N+. The first-order chi connectivity index (χ1) is 14.0. The van der Waals surface area contributed by atoms with E-state index in [-0.39, 0.29) is 0 Å². The van der Waals surface area contributed by atoms with Gasteiger partial charge in [0, 0.05) is 11.6 Å². The normalized spacial score (nSPS) is 16.0. The zero-order valence-electron chi connectivity index (χ0n) is 18.3. The van der Waals surface area contributed by atoms with Gasteiger partial charge in [-0.1, -0.05) is 49.6 Å². The predicted octanol–water partition coefficient (Wildman–Crippen LogP) is 6.72. The molecule has 1 heteroatoms. The van der Waals surface area contributed by atoms with E-state index in [2.05, 4.69) is 75.0 Å². The molecule has 29 heavy (non-hydrogen) atoms. The minimum absolute atomic E-state index is 0.749. The fourth-order valence-corrected chi connectivity index (χ4v) is 5.85. The van der Waals surface area contributed by atoms with Crippen molar-refractivity contribution in [3.63, 3.8) is 0 Å². The van der Waals surface area contributed by atoms with Crippen LogP contribution in [0.1, 0.15) is 71.4 Å². The number of hydrogen-bond donors (Lipinski definition) is 0. The summed E-state index contributed by atoms with van der Waals surface area (Å²) in [5.74, 6) is 0.749. The van der Waals surface area contributed by atoms with Gasteiger partial charge in [0.05, 0.1) is 5.56 Å². The van der Waals surface area contributed by atoms with E-state index in [0.29, 0.717) is 0 Å². The highest BCUT2D eigenvalue weighted by Gasteiger charge is 2.28. The highest BCUT2D eigenvalue weighted by molar-refractivity contribution is 5.86. The average Bonchev–Trinajstić information content (AvgIpc) is 3.10. The van der Waals surface area contributed by atoms with Gasteiger partial charge in [0.15, 0.2) is 6.20 Å². The summed E-state index contributed by atoms with van der Waals surface area (Å²) < 4.78 is 2.40. The van der Waals surface area contributed by atoms with Gasteiger partial charge in [0.1, 0.15) is 7.05 Å². The third kappa shape index (κ3) is 3.03. The summed E-state index contributed by atoms with van der Waals surface area (Å²) in [5, 5.41) is 0. The van der Waals surface area contributed by atoms with Crippen molar-refractivity contribution >= 4 is 0 Å². The molecule has 2 aromatic carbocycles. The second-order valence-corrected chi connectivity index (χ2v) is 9.31. The van der Waals surface area contributed by atoms with Crippen LogP contribution in [0.3, 0.4) is 0 Å². The second-order valence-electron chi connectivity index (χ2n) is 9.31. The van der Waals surface area contributed by atoms with E-state index in [1.807, 2.05) is 0 Å². The van der Waals surface area contributed by atoms with E-state index in [9.17, 15) is 0 Å². The summed E-state index contributed by atoms with van der Waals surface area (Å²) in [5.41, 5.74) is 14.5. The van der Waals surface area contributed by atoms with Gasteiger partial charge in [0.2, 0.25) is 5.69 Å². The summed E-state index contributed by atoms with van der Waals surface area (Å²) in [6, 6.07) is 13.9. The first-order valence-corrected chi connectivity index (χ1v) is 11.3. The Bertz CT molecular complexity index is 1100. The van der Waals surface area contributed by atoms with Gasteiger partial charge in [0.25, 0.3) is 0 Å². The number of nitrogens with zero attached hydrogens (tertiary/aromatic N) is 1. The average molecular weight is 383 g/mol. The fraction of sp³-hybridized carbons (Fsp3) is 0.393. The van der Waals surface area contributed by atoms with Crippen molar-refractivity contribution in [2.24, 2.45) is 7.05 Å². The molecule has 2 aliphatic carbocycles. The first-order valence-electron chi connectivity index (χ1n) is 11.3. The van der Waals surface area contributed by atoms with Crippen LogP contribution in [0.5, 0.6) is 0 Å². The van der Waals surface area contributed by atoms with Crippen molar-refractivity contribution in [2.45, 2.75) is 65.2 Å². The van der Waals surface area contributed by atoms with Crippen LogP contribution in [0.15, 0.2) is 42.6 Å². The van der Waals surface area contributed by atoms with E-state index in [1.54, 1.807) is 5.56 Å². The van der Waals surface area contributed by atoms with Gasteiger partial charge in [-0.25, -0.2) is 4.57 Å². The molecule has 0 radical (unpaired) electrons. The lowest BCUT2D eigenvalue weighted by molar-refractivity contribution is -0.661. The van der Waals surface area contributed by atoms with Gasteiger partial charge in [-0.15, -0.1) is 0 Å². The molecule has 1 aromatic heterocycles. The number of aromatic nitrogens is 1. The molecule has 0 spiro atoms. The van der Waals surface area contributed by atoms with Crippen LogP contribution in [0.2, 0.25) is 0 Å². The number of aryl methyl sites for hydroxylation is 4. The summed E-state index contributed by atoms with van der Waals surface area (Å²) in [6.07, 6.45) is 10.4. The summed E-state index contributed by atoms with van der Waals surface area (Å²) in [4.78, 5) is 0. The standard InChI is InChI=1S/C28H32N/c1-18-9-8-12-22-16-24-23(27(18)22)14-13-19(2)28(24)26-15-20(3)25(17-29(26)4)21-10-6-5-7-11-21/h8-9,12-15,17,21H,5-7,10-11,16H2,1-4H3/q+1. The third-order valence-electron chi connectivity index (χ3n) is 7.34. The molecule has 0 aliphatic heterocycles. The van der Waals surface area contributed by atoms with Crippen molar-refractivity contribution < 1.29 is 4.57 Å². The molecule has 1 heterocycles. The van der Waals surface area contributed by atoms with Gasteiger partial charge in [-0.2, -0.15) is 0 Å². The van der Waals surface area contributed by atoms with E-state index in [0.717, 1.165) is 12.3 Å². The Labute approximate surface area is 175 Å². The largest absolute Gasteiger partial charge is 0.213 e. The molecule has 3 aromatic rings. The van der Waals surface area contributed by atoms with Crippen molar-refractivity contribution in [3.05, 3.63) is 76.0 Å². The van der Waals surface area contributed by atoms with Crippen LogP contribution >= 0.6 is 0 Å². The quantitative estimate of drug-likeness (QED) is 0.339. The van der Waals surface area contributed by atoms with Gasteiger partial charge < -0.3 is 0 Å². The lowest BCUT2D eigenvalue weighted by atomic mass is 9.82. The Morgan fingerprint density at radius 1 is 0.828 bits per heavy atom. The maximum absolute atomic E-state index is 2.46. The number of benzene rings is 2. The Morgan fingerprint density at radius 2 is 1.59 bits per heavy atom. The van der Waals surface area contributed by atoms with Crippen molar-refractivity contribution in [2.75, 3.05) is 0 Å². The molecule has 2 aliphatic rings. The number of hydrogen-bond acceptors (Lipinski definition) is 0. The molecule has 148 valence electrons. The van der Waals surface area contributed by atoms with Crippen molar-refractivity contribution in [1.29, 1.82) is 0 Å². The van der Waals surface area contributed by atoms with Crippen molar-refractivity contribution in [3.8, 4) is 22.4 Å². The van der Waals surface area contributed by atoms with E-state index in [1.165, 1.54) is 82.3 Å². The molecule has 1 fully saturated rings. The van der Waals surface area contributed by atoms with E-state index in [4.69, 9.17) is 0 Å². The van der Waals surface area contributed by atoms with E-state index < -0.39 is 0 Å². The molecule has 0 saturated heterocycles. The number of fused-ring (bicyclic) bond motifs is 3. The fourth-order valence-electron chi connectivity index (χ4n) is 5.85. The van der Waals surface area contributed by atoms with Crippen LogP contribution in [0, 0.1) is 20.8 Å². The van der Waals surface area contributed by atoms with Crippen LogP contribution in [0.4, 0.5) is 0 Å². The first kappa shape index (κ1) is 18.6. The number of rotatable bonds is 2. The molecule has 0 bridgehead atoms. The monoisotopic (exact) mass is 382 g/mol.